The summed E-state index contributed by atoms with van der Waals surface area (Å²) in [6.07, 6.45) is 4.95. The molecule has 1 amide bonds. The van der Waals surface area contributed by atoms with Crippen molar-refractivity contribution in [3.63, 3.8) is 0 Å². The highest BCUT2D eigenvalue weighted by atomic mass is 16.2. The molecule has 3 nitrogen and oxygen atoms in total. The van der Waals surface area contributed by atoms with E-state index >= 15 is 0 Å². The molecule has 2 saturated heterocycles. The number of hydrogen-bond donors (Lipinski definition) is 0. The van der Waals surface area contributed by atoms with Crippen LogP contribution in [0.3, 0.4) is 0 Å². The summed E-state index contributed by atoms with van der Waals surface area (Å²) in [5.41, 5.74) is 0. The second-order valence-electron chi connectivity index (χ2n) is 6.57. The topological polar surface area (TPSA) is 23.6 Å². The van der Waals surface area contributed by atoms with Crippen LogP contribution in [0.5, 0.6) is 0 Å². The van der Waals surface area contributed by atoms with Crippen molar-refractivity contribution in [2.75, 3.05) is 26.2 Å². The Morgan fingerprint density at radius 3 is 2.39 bits per heavy atom. The molecule has 2 rings (SSSR count). The number of rotatable bonds is 2. The minimum atomic E-state index is 0.350. The molecule has 0 aromatic rings. The van der Waals surface area contributed by atoms with Gasteiger partial charge < -0.3 is 4.90 Å². The van der Waals surface area contributed by atoms with Gasteiger partial charge in [-0.1, -0.05) is 13.8 Å². The third-order valence-electron chi connectivity index (χ3n) is 4.43. The molecule has 0 bridgehead atoms. The summed E-state index contributed by atoms with van der Waals surface area (Å²) in [5.74, 6) is 1.82. The van der Waals surface area contributed by atoms with E-state index < -0.39 is 0 Å². The van der Waals surface area contributed by atoms with Crippen LogP contribution >= 0.6 is 0 Å². The van der Waals surface area contributed by atoms with Gasteiger partial charge in [0.05, 0.1) is 6.54 Å². The van der Waals surface area contributed by atoms with Crippen molar-refractivity contribution in [2.45, 2.75) is 52.5 Å². The predicted octanol–water partition coefficient (Wildman–Crippen LogP) is 2.37. The quantitative estimate of drug-likeness (QED) is 0.753. The minimum absolute atomic E-state index is 0.350. The Morgan fingerprint density at radius 1 is 1.11 bits per heavy atom. The molecule has 2 aliphatic heterocycles. The molecule has 0 spiro atoms. The van der Waals surface area contributed by atoms with Crippen LogP contribution in [-0.4, -0.2) is 47.9 Å². The maximum Gasteiger partial charge on any atom is 0.236 e. The van der Waals surface area contributed by atoms with E-state index in [-0.39, 0.29) is 0 Å². The lowest BCUT2D eigenvalue weighted by Crippen LogP contribution is -2.49. The molecule has 18 heavy (non-hydrogen) atoms. The summed E-state index contributed by atoms with van der Waals surface area (Å²) >= 11 is 0. The number of piperidine rings is 2. The molecule has 0 aromatic heterocycles. The monoisotopic (exact) mass is 252 g/mol. The zero-order valence-corrected chi connectivity index (χ0v) is 12.2. The first-order valence-electron chi connectivity index (χ1n) is 7.58. The van der Waals surface area contributed by atoms with E-state index in [9.17, 15) is 4.79 Å². The Kier molecular flexibility index (Phi) is 4.66. The lowest BCUT2D eigenvalue weighted by molar-refractivity contribution is -0.136. The molecule has 104 valence electrons. The third-order valence-corrected chi connectivity index (χ3v) is 4.43. The Bertz CT molecular complexity index is 282. The van der Waals surface area contributed by atoms with E-state index in [1.54, 1.807) is 0 Å². The smallest absolute Gasteiger partial charge is 0.236 e. The highest BCUT2D eigenvalue weighted by molar-refractivity contribution is 5.78. The standard InChI is InChI=1S/C15H28N2O/c1-12-8-13(2)10-16(9-12)11-15(18)17-7-5-4-6-14(17)3/h12-14H,4-11H2,1-3H3. The van der Waals surface area contributed by atoms with Crippen molar-refractivity contribution < 1.29 is 4.79 Å². The van der Waals surface area contributed by atoms with E-state index in [0.717, 1.165) is 31.5 Å². The van der Waals surface area contributed by atoms with Gasteiger partial charge >= 0.3 is 0 Å². The fourth-order valence-electron chi connectivity index (χ4n) is 3.67. The molecular weight excluding hydrogens is 224 g/mol. The van der Waals surface area contributed by atoms with Gasteiger partial charge in [0.2, 0.25) is 5.91 Å². The van der Waals surface area contributed by atoms with Crippen molar-refractivity contribution in [1.29, 1.82) is 0 Å². The van der Waals surface area contributed by atoms with Crippen LogP contribution in [0.4, 0.5) is 0 Å². The first-order valence-corrected chi connectivity index (χ1v) is 7.58. The maximum absolute atomic E-state index is 12.4. The van der Waals surface area contributed by atoms with Crippen molar-refractivity contribution in [2.24, 2.45) is 11.8 Å². The summed E-state index contributed by atoms with van der Waals surface area (Å²) in [6, 6.07) is 0.450. The second kappa shape index (κ2) is 6.05. The van der Waals surface area contributed by atoms with Crippen LogP contribution in [0.2, 0.25) is 0 Å². The van der Waals surface area contributed by atoms with Crippen LogP contribution in [0.1, 0.15) is 46.5 Å². The lowest BCUT2D eigenvalue weighted by Gasteiger charge is -2.38. The average Bonchev–Trinajstić information content (AvgIpc) is 2.27. The van der Waals surface area contributed by atoms with E-state index in [4.69, 9.17) is 0 Å². The Morgan fingerprint density at radius 2 is 1.78 bits per heavy atom. The summed E-state index contributed by atoms with van der Waals surface area (Å²) in [6.45, 7) is 10.6. The van der Waals surface area contributed by atoms with E-state index in [1.165, 1.54) is 25.7 Å². The number of carbonyl (C=O) groups is 1. The molecule has 0 N–H and O–H groups in total. The SMILES string of the molecule is CC1CC(C)CN(CC(=O)N2CCCCC2C)C1. The third kappa shape index (κ3) is 3.47. The highest BCUT2D eigenvalue weighted by Gasteiger charge is 2.27. The lowest BCUT2D eigenvalue weighted by atomic mass is 9.92. The number of carbonyl (C=O) groups excluding carboxylic acids is 1. The van der Waals surface area contributed by atoms with Gasteiger partial charge in [-0.2, -0.15) is 0 Å². The zero-order valence-electron chi connectivity index (χ0n) is 12.2. The largest absolute Gasteiger partial charge is 0.339 e. The van der Waals surface area contributed by atoms with Gasteiger partial charge in [-0.25, -0.2) is 0 Å². The Labute approximate surface area is 112 Å². The Hall–Kier alpha value is -0.570. The molecule has 0 radical (unpaired) electrons. The summed E-state index contributed by atoms with van der Waals surface area (Å²) in [4.78, 5) is 16.8. The Balaban J connectivity index is 1.86. The van der Waals surface area contributed by atoms with Crippen LogP contribution in [0.25, 0.3) is 0 Å². The summed E-state index contributed by atoms with van der Waals surface area (Å²) in [5, 5.41) is 0. The number of likely N-dealkylation sites (tertiary alicyclic amines) is 2. The second-order valence-corrected chi connectivity index (χ2v) is 6.57. The van der Waals surface area contributed by atoms with Crippen LogP contribution in [0, 0.1) is 11.8 Å². The van der Waals surface area contributed by atoms with Crippen molar-refractivity contribution in [1.82, 2.24) is 9.80 Å². The summed E-state index contributed by atoms with van der Waals surface area (Å²) < 4.78 is 0. The molecule has 0 saturated carbocycles. The normalized spacial score (nSPS) is 34.6. The van der Waals surface area contributed by atoms with Gasteiger partial charge in [0, 0.05) is 25.7 Å². The summed E-state index contributed by atoms with van der Waals surface area (Å²) in [7, 11) is 0. The fraction of sp³-hybridized carbons (Fsp3) is 0.933. The van der Waals surface area contributed by atoms with Crippen molar-refractivity contribution in [3.8, 4) is 0 Å². The van der Waals surface area contributed by atoms with E-state index in [0.29, 0.717) is 18.5 Å². The minimum Gasteiger partial charge on any atom is -0.339 e. The van der Waals surface area contributed by atoms with Gasteiger partial charge in [-0.05, 0) is 44.4 Å². The average molecular weight is 252 g/mol. The van der Waals surface area contributed by atoms with Gasteiger partial charge in [0.25, 0.3) is 0 Å². The van der Waals surface area contributed by atoms with Gasteiger partial charge in [0.1, 0.15) is 0 Å². The van der Waals surface area contributed by atoms with Gasteiger partial charge in [-0.15, -0.1) is 0 Å². The van der Waals surface area contributed by atoms with Crippen LogP contribution in [0.15, 0.2) is 0 Å². The first-order chi connectivity index (χ1) is 8.56. The molecule has 2 heterocycles. The molecule has 3 heteroatoms. The molecule has 0 aromatic carbocycles. The number of hydrogen-bond acceptors (Lipinski definition) is 2. The zero-order chi connectivity index (χ0) is 13.1. The molecule has 0 aliphatic carbocycles. The van der Waals surface area contributed by atoms with Crippen LogP contribution in [-0.2, 0) is 4.79 Å². The highest BCUT2D eigenvalue weighted by Crippen LogP contribution is 2.22. The predicted molar refractivity (Wildman–Crippen MR) is 74.4 cm³/mol. The molecular formula is C15H28N2O. The number of amides is 1. The van der Waals surface area contributed by atoms with Crippen molar-refractivity contribution in [3.05, 3.63) is 0 Å². The van der Waals surface area contributed by atoms with E-state index in [2.05, 4.69) is 30.6 Å². The van der Waals surface area contributed by atoms with Gasteiger partial charge in [0.15, 0.2) is 0 Å². The molecule has 2 fully saturated rings. The first kappa shape index (κ1) is 13.9. The molecule has 3 atom stereocenters. The van der Waals surface area contributed by atoms with Gasteiger partial charge in [-0.3, -0.25) is 9.69 Å². The van der Waals surface area contributed by atoms with E-state index in [1.807, 2.05) is 0 Å². The molecule has 2 aliphatic rings. The van der Waals surface area contributed by atoms with Crippen molar-refractivity contribution >= 4 is 5.91 Å². The van der Waals surface area contributed by atoms with Crippen LogP contribution < -0.4 is 0 Å². The fourth-order valence-corrected chi connectivity index (χ4v) is 3.67. The molecule has 3 unspecified atom stereocenters. The number of nitrogens with zero attached hydrogens (tertiary/aromatic N) is 2. The maximum atomic E-state index is 12.4.